The largest absolute Gasteiger partial charge is 0.483 e. The van der Waals surface area contributed by atoms with E-state index in [0.717, 1.165) is 28.3 Å². The number of nitrogens with one attached hydrogen (secondary N) is 1. The summed E-state index contributed by atoms with van der Waals surface area (Å²) in [5.74, 6) is 1.48. The Morgan fingerprint density at radius 1 is 1.26 bits per heavy atom. The lowest BCUT2D eigenvalue weighted by Gasteiger charge is -2.16. The molecule has 0 spiro atoms. The zero-order valence-electron chi connectivity index (χ0n) is 18.1. The Labute approximate surface area is 190 Å². The zero-order chi connectivity index (χ0) is 22.4. The van der Waals surface area contributed by atoms with Gasteiger partial charge in [-0.15, -0.1) is 27.0 Å². The Hall–Kier alpha value is -2.72. The van der Waals surface area contributed by atoms with Crippen molar-refractivity contribution in [2.24, 2.45) is 0 Å². The van der Waals surface area contributed by atoms with E-state index in [2.05, 4.69) is 38.4 Å². The number of anilines is 1. The fourth-order valence-electron chi connectivity index (χ4n) is 3.00. The smallest absolute Gasteiger partial charge is 0.236 e. The third-order valence-electron chi connectivity index (χ3n) is 4.28. The highest BCUT2D eigenvalue weighted by molar-refractivity contribution is 7.99. The van der Waals surface area contributed by atoms with Crippen molar-refractivity contribution in [3.05, 3.63) is 52.8 Å². The number of aryl methyl sites for hydroxylation is 3. The van der Waals surface area contributed by atoms with Gasteiger partial charge in [0.25, 0.3) is 0 Å². The summed E-state index contributed by atoms with van der Waals surface area (Å²) in [6, 6.07) is 6.09. The van der Waals surface area contributed by atoms with E-state index in [0.29, 0.717) is 22.7 Å². The maximum atomic E-state index is 12.3. The minimum absolute atomic E-state index is 0.168. The SMILES string of the molecule is C=CCn1c(SCC(=O)Nc2nnc(CC)s2)nnc1C(C)Oc1cc(C)cc(C)c1. The summed E-state index contributed by atoms with van der Waals surface area (Å²) in [5.41, 5.74) is 2.28. The number of carbonyl (C=O) groups is 1. The van der Waals surface area contributed by atoms with Gasteiger partial charge in [-0.3, -0.25) is 14.7 Å². The van der Waals surface area contributed by atoms with E-state index in [1.54, 1.807) is 6.08 Å². The molecular weight excluding hydrogens is 432 g/mol. The van der Waals surface area contributed by atoms with E-state index in [4.69, 9.17) is 4.74 Å². The quantitative estimate of drug-likeness (QED) is 0.356. The topological polar surface area (TPSA) is 94.8 Å². The number of thioether (sulfide) groups is 1. The molecule has 164 valence electrons. The predicted molar refractivity (Wildman–Crippen MR) is 124 cm³/mol. The number of nitrogens with zero attached hydrogens (tertiary/aromatic N) is 5. The first kappa shape index (κ1) is 23.0. The van der Waals surface area contributed by atoms with Gasteiger partial charge in [-0.2, -0.15) is 0 Å². The van der Waals surface area contributed by atoms with Crippen molar-refractivity contribution in [1.82, 2.24) is 25.0 Å². The number of hydrogen-bond acceptors (Lipinski definition) is 8. The van der Waals surface area contributed by atoms with Crippen molar-refractivity contribution in [2.45, 2.75) is 51.9 Å². The molecule has 0 radical (unpaired) electrons. The number of carbonyl (C=O) groups excluding carboxylic acids is 1. The predicted octanol–water partition coefficient (Wildman–Crippen LogP) is 4.37. The highest BCUT2D eigenvalue weighted by Crippen LogP contribution is 2.26. The molecule has 0 saturated carbocycles. The van der Waals surface area contributed by atoms with Gasteiger partial charge in [0.2, 0.25) is 11.0 Å². The third-order valence-corrected chi connectivity index (χ3v) is 6.23. The number of rotatable bonds is 10. The fraction of sp³-hybridized carbons (Fsp3) is 0.381. The molecular formula is C21H26N6O2S2. The summed E-state index contributed by atoms with van der Waals surface area (Å²) in [6.45, 7) is 12.3. The highest BCUT2D eigenvalue weighted by Gasteiger charge is 2.20. The highest BCUT2D eigenvalue weighted by atomic mass is 32.2. The Morgan fingerprint density at radius 2 is 2.00 bits per heavy atom. The number of hydrogen-bond donors (Lipinski definition) is 1. The van der Waals surface area contributed by atoms with Crippen LogP contribution in [0.25, 0.3) is 0 Å². The monoisotopic (exact) mass is 458 g/mol. The van der Waals surface area contributed by atoms with Crippen molar-refractivity contribution in [3.8, 4) is 5.75 Å². The molecule has 1 amide bonds. The molecule has 1 N–H and O–H groups in total. The lowest BCUT2D eigenvalue weighted by atomic mass is 10.1. The fourth-order valence-corrected chi connectivity index (χ4v) is 4.45. The maximum absolute atomic E-state index is 12.3. The second kappa shape index (κ2) is 10.5. The van der Waals surface area contributed by atoms with Gasteiger partial charge in [-0.1, -0.05) is 42.2 Å². The lowest BCUT2D eigenvalue weighted by Crippen LogP contribution is -2.15. The molecule has 0 saturated heterocycles. The average molecular weight is 459 g/mol. The van der Waals surface area contributed by atoms with Crippen molar-refractivity contribution in [2.75, 3.05) is 11.1 Å². The molecule has 2 heterocycles. The van der Waals surface area contributed by atoms with Gasteiger partial charge in [-0.05, 0) is 50.5 Å². The number of aromatic nitrogens is 5. The molecule has 0 fully saturated rings. The molecule has 0 aliphatic heterocycles. The van der Waals surface area contributed by atoms with Gasteiger partial charge in [0.05, 0.1) is 5.75 Å². The molecule has 0 bridgehead atoms. The second-order valence-electron chi connectivity index (χ2n) is 7.01. The molecule has 2 aromatic heterocycles. The Morgan fingerprint density at radius 3 is 2.65 bits per heavy atom. The van der Waals surface area contributed by atoms with Gasteiger partial charge >= 0.3 is 0 Å². The van der Waals surface area contributed by atoms with Crippen LogP contribution < -0.4 is 10.1 Å². The Kier molecular flexibility index (Phi) is 7.80. The number of amides is 1. The Balaban J connectivity index is 1.67. The zero-order valence-corrected chi connectivity index (χ0v) is 19.7. The van der Waals surface area contributed by atoms with Crippen molar-refractivity contribution >= 4 is 34.1 Å². The third kappa shape index (κ3) is 6.14. The standard InChI is InChI=1S/C21H26N6O2S2/c1-6-8-27-19(15(5)29-16-10-13(3)9-14(4)11-16)24-26-21(27)30-12-17(28)22-20-25-23-18(7-2)31-20/h6,9-11,15H,1,7-8,12H2,2-5H3,(H,22,25,28). The van der Waals surface area contributed by atoms with Crippen LogP contribution in [0, 0.1) is 13.8 Å². The van der Waals surface area contributed by atoms with Gasteiger partial charge in [0, 0.05) is 6.54 Å². The summed E-state index contributed by atoms with van der Waals surface area (Å²) in [5, 5.41) is 21.4. The summed E-state index contributed by atoms with van der Waals surface area (Å²) in [4.78, 5) is 12.3. The molecule has 0 aliphatic carbocycles. The molecule has 1 aromatic carbocycles. The summed E-state index contributed by atoms with van der Waals surface area (Å²) in [6.07, 6.45) is 2.25. The van der Waals surface area contributed by atoms with E-state index in [-0.39, 0.29) is 17.8 Å². The second-order valence-corrected chi connectivity index (χ2v) is 9.02. The van der Waals surface area contributed by atoms with E-state index in [1.807, 2.05) is 44.4 Å². The molecule has 8 nitrogen and oxygen atoms in total. The van der Waals surface area contributed by atoms with Gasteiger partial charge in [-0.25, -0.2) is 0 Å². The van der Waals surface area contributed by atoms with Crippen LogP contribution in [-0.2, 0) is 17.8 Å². The average Bonchev–Trinajstić information content (AvgIpc) is 3.32. The maximum Gasteiger partial charge on any atom is 0.236 e. The molecule has 3 aromatic rings. The van der Waals surface area contributed by atoms with Crippen LogP contribution in [0.4, 0.5) is 5.13 Å². The van der Waals surface area contributed by atoms with Gasteiger partial charge < -0.3 is 4.74 Å². The number of allylic oxidation sites excluding steroid dienone is 1. The van der Waals surface area contributed by atoms with E-state index >= 15 is 0 Å². The van der Waals surface area contributed by atoms with Crippen LogP contribution in [0.1, 0.15) is 41.9 Å². The minimum Gasteiger partial charge on any atom is -0.483 e. The molecule has 10 heteroatoms. The van der Waals surface area contributed by atoms with Crippen LogP contribution in [0.15, 0.2) is 36.0 Å². The molecule has 31 heavy (non-hydrogen) atoms. The first-order valence-electron chi connectivity index (χ1n) is 9.93. The van der Waals surface area contributed by atoms with Crippen LogP contribution in [0.3, 0.4) is 0 Å². The Bertz CT molecular complexity index is 1040. The van der Waals surface area contributed by atoms with Crippen LogP contribution in [0.2, 0.25) is 0 Å². The lowest BCUT2D eigenvalue weighted by molar-refractivity contribution is -0.113. The summed E-state index contributed by atoms with van der Waals surface area (Å²) >= 11 is 2.69. The summed E-state index contributed by atoms with van der Waals surface area (Å²) < 4.78 is 8.03. The van der Waals surface area contributed by atoms with Gasteiger partial charge in [0.1, 0.15) is 10.8 Å². The number of ether oxygens (including phenoxy) is 1. The van der Waals surface area contributed by atoms with Crippen LogP contribution in [-0.4, -0.2) is 36.6 Å². The molecule has 0 aliphatic rings. The van der Waals surface area contributed by atoms with Crippen LogP contribution in [0.5, 0.6) is 5.75 Å². The van der Waals surface area contributed by atoms with E-state index in [9.17, 15) is 4.79 Å². The number of benzene rings is 1. The van der Waals surface area contributed by atoms with Crippen molar-refractivity contribution < 1.29 is 9.53 Å². The summed E-state index contributed by atoms with van der Waals surface area (Å²) in [7, 11) is 0. The molecule has 3 rings (SSSR count). The van der Waals surface area contributed by atoms with Crippen molar-refractivity contribution in [3.63, 3.8) is 0 Å². The minimum atomic E-state index is -0.314. The van der Waals surface area contributed by atoms with Crippen LogP contribution >= 0.6 is 23.1 Å². The van der Waals surface area contributed by atoms with Gasteiger partial charge in [0.15, 0.2) is 17.1 Å². The first-order valence-corrected chi connectivity index (χ1v) is 11.7. The first-order chi connectivity index (χ1) is 14.9. The van der Waals surface area contributed by atoms with E-state index < -0.39 is 0 Å². The van der Waals surface area contributed by atoms with E-state index in [1.165, 1.54) is 23.1 Å². The normalized spacial score (nSPS) is 11.9. The van der Waals surface area contributed by atoms with Crippen molar-refractivity contribution in [1.29, 1.82) is 0 Å². The molecule has 1 atom stereocenters. The molecule has 1 unspecified atom stereocenters.